The maximum Gasteiger partial charge on any atom is 0.0233 e. The summed E-state index contributed by atoms with van der Waals surface area (Å²) in [6.45, 7) is 15.3. The highest BCUT2D eigenvalue weighted by atomic mass is 32.2. The molecule has 0 N–H and O–H groups in total. The van der Waals surface area contributed by atoms with Gasteiger partial charge in [0.1, 0.15) is 0 Å². The second kappa shape index (κ2) is 10.5. The maximum atomic E-state index is 2.65. The molecule has 0 aliphatic carbocycles. The summed E-state index contributed by atoms with van der Waals surface area (Å²) in [5.41, 5.74) is 1.46. The molecular weight excluding hydrogens is 312 g/mol. The predicted molar refractivity (Wildman–Crippen MR) is 107 cm³/mol. The Morgan fingerprint density at radius 2 is 1.79 bits per heavy atom. The van der Waals surface area contributed by atoms with Gasteiger partial charge < -0.3 is 0 Å². The number of hydrogen-bond donors (Lipinski definition) is 0. The third-order valence-corrected chi connectivity index (χ3v) is 6.10. The van der Waals surface area contributed by atoms with Gasteiger partial charge in [0.05, 0.1) is 0 Å². The number of nitrogens with zero attached hydrogens (tertiary/aromatic N) is 2. The van der Waals surface area contributed by atoms with E-state index >= 15 is 0 Å². The van der Waals surface area contributed by atoms with E-state index in [4.69, 9.17) is 0 Å². The molecule has 1 aromatic rings. The Morgan fingerprint density at radius 1 is 1.12 bits per heavy atom. The van der Waals surface area contributed by atoms with Crippen molar-refractivity contribution < 1.29 is 0 Å². The highest BCUT2D eigenvalue weighted by Gasteiger charge is 2.22. The van der Waals surface area contributed by atoms with Crippen LogP contribution in [0.2, 0.25) is 0 Å². The van der Waals surface area contributed by atoms with Crippen molar-refractivity contribution in [3.8, 4) is 0 Å². The summed E-state index contributed by atoms with van der Waals surface area (Å²) in [6, 6.07) is 9.28. The Balaban J connectivity index is 1.87. The van der Waals surface area contributed by atoms with Gasteiger partial charge in [0, 0.05) is 31.1 Å². The van der Waals surface area contributed by atoms with E-state index in [-0.39, 0.29) is 0 Å². The molecule has 1 atom stereocenters. The Kier molecular flexibility index (Phi) is 8.65. The molecule has 2 nitrogen and oxygen atoms in total. The van der Waals surface area contributed by atoms with E-state index in [1.54, 1.807) is 0 Å². The molecule has 24 heavy (non-hydrogen) atoms. The fourth-order valence-electron chi connectivity index (χ4n) is 3.54. The number of piperidine rings is 1. The first-order valence-corrected chi connectivity index (χ1v) is 10.6. The SMILES string of the molecule is CCCN(CCC)Sc1ccc(CN2CCCC(C(C)C)C2)cc1. The second-order valence-electron chi connectivity index (χ2n) is 7.55. The molecule has 0 amide bonds. The van der Waals surface area contributed by atoms with Crippen molar-refractivity contribution >= 4 is 11.9 Å². The van der Waals surface area contributed by atoms with Crippen molar-refractivity contribution in [2.24, 2.45) is 11.8 Å². The average molecular weight is 349 g/mol. The minimum absolute atomic E-state index is 0.815. The van der Waals surface area contributed by atoms with Gasteiger partial charge in [-0.2, -0.15) is 0 Å². The van der Waals surface area contributed by atoms with Crippen LogP contribution in [0.1, 0.15) is 58.9 Å². The van der Waals surface area contributed by atoms with Crippen LogP contribution in [0.25, 0.3) is 0 Å². The molecular formula is C21H36N2S. The maximum absolute atomic E-state index is 2.65. The zero-order valence-corrected chi connectivity index (χ0v) is 16.9. The topological polar surface area (TPSA) is 6.48 Å². The van der Waals surface area contributed by atoms with Gasteiger partial charge in [-0.25, -0.2) is 4.31 Å². The van der Waals surface area contributed by atoms with Crippen LogP contribution in [-0.4, -0.2) is 35.4 Å². The molecule has 0 bridgehead atoms. The molecule has 1 fully saturated rings. The van der Waals surface area contributed by atoms with Crippen molar-refractivity contribution in [2.75, 3.05) is 26.2 Å². The van der Waals surface area contributed by atoms with Crippen LogP contribution < -0.4 is 0 Å². The minimum Gasteiger partial charge on any atom is -0.299 e. The summed E-state index contributed by atoms with van der Waals surface area (Å²) in [5.74, 6) is 1.69. The lowest BCUT2D eigenvalue weighted by atomic mass is 9.88. The van der Waals surface area contributed by atoms with E-state index in [0.29, 0.717) is 0 Å². The van der Waals surface area contributed by atoms with Crippen LogP contribution >= 0.6 is 11.9 Å². The molecule has 1 aliphatic rings. The van der Waals surface area contributed by atoms with Gasteiger partial charge in [0.25, 0.3) is 0 Å². The van der Waals surface area contributed by atoms with Gasteiger partial charge in [-0.3, -0.25) is 4.90 Å². The first-order valence-electron chi connectivity index (χ1n) is 9.86. The average Bonchev–Trinajstić information content (AvgIpc) is 2.57. The van der Waals surface area contributed by atoms with E-state index in [9.17, 15) is 0 Å². The van der Waals surface area contributed by atoms with Crippen LogP contribution in [0.15, 0.2) is 29.2 Å². The Bertz CT molecular complexity index is 451. The molecule has 1 saturated heterocycles. The van der Waals surface area contributed by atoms with Gasteiger partial charge in [0.2, 0.25) is 0 Å². The van der Waals surface area contributed by atoms with Gasteiger partial charge in [-0.05, 0) is 73.7 Å². The molecule has 0 saturated carbocycles. The minimum atomic E-state index is 0.815. The molecule has 0 radical (unpaired) electrons. The Morgan fingerprint density at radius 3 is 2.38 bits per heavy atom. The predicted octanol–water partition coefficient (Wildman–Crippen LogP) is 5.68. The second-order valence-corrected chi connectivity index (χ2v) is 8.72. The van der Waals surface area contributed by atoms with Gasteiger partial charge in [-0.1, -0.05) is 39.8 Å². The monoisotopic (exact) mass is 348 g/mol. The van der Waals surface area contributed by atoms with Gasteiger partial charge in [-0.15, -0.1) is 0 Å². The van der Waals surface area contributed by atoms with Crippen LogP contribution in [0.5, 0.6) is 0 Å². The van der Waals surface area contributed by atoms with Crippen LogP contribution in [-0.2, 0) is 6.54 Å². The third kappa shape index (κ3) is 6.42. The highest BCUT2D eigenvalue weighted by Crippen LogP contribution is 2.26. The molecule has 0 spiro atoms. The number of benzene rings is 1. The third-order valence-electron chi connectivity index (χ3n) is 4.99. The quantitative estimate of drug-likeness (QED) is 0.530. The zero-order chi connectivity index (χ0) is 17.4. The molecule has 0 aromatic heterocycles. The fourth-order valence-corrected chi connectivity index (χ4v) is 4.65. The van der Waals surface area contributed by atoms with Crippen LogP contribution in [0, 0.1) is 11.8 Å². The fraction of sp³-hybridized carbons (Fsp3) is 0.714. The van der Waals surface area contributed by atoms with Crippen molar-refractivity contribution in [1.29, 1.82) is 0 Å². The van der Waals surface area contributed by atoms with Crippen molar-refractivity contribution in [1.82, 2.24) is 9.21 Å². The number of rotatable bonds is 9. The standard InChI is InChI=1S/C21H36N2S/c1-5-13-23(14-6-2)24-21-11-9-19(10-12-21)16-22-15-7-8-20(17-22)18(3)4/h9-12,18,20H,5-8,13-17H2,1-4H3. The van der Waals surface area contributed by atoms with Gasteiger partial charge in [0.15, 0.2) is 0 Å². The molecule has 1 heterocycles. The van der Waals surface area contributed by atoms with E-state index in [1.165, 1.54) is 62.3 Å². The van der Waals surface area contributed by atoms with Crippen molar-refractivity contribution in [2.45, 2.75) is 64.8 Å². The summed E-state index contributed by atoms with van der Waals surface area (Å²) in [7, 11) is 0. The molecule has 1 aromatic carbocycles. The van der Waals surface area contributed by atoms with Crippen molar-refractivity contribution in [3.05, 3.63) is 29.8 Å². The van der Waals surface area contributed by atoms with Crippen LogP contribution in [0.3, 0.4) is 0 Å². The van der Waals surface area contributed by atoms with E-state index in [1.807, 2.05) is 11.9 Å². The molecule has 2 rings (SSSR count). The lowest BCUT2D eigenvalue weighted by molar-refractivity contribution is 0.139. The highest BCUT2D eigenvalue weighted by molar-refractivity contribution is 7.97. The number of likely N-dealkylation sites (tertiary alicyclic amines) is 1. The molecule has 1 aliphatic heterocycles. The normalized spacial score (nSPS) is 19.3. The first-order chi connectivity index (χ1) is 11.6. The lowest BCUT2D eigenvalue weighted by Crippen LogP contribution is -2.36. The zero-order valence-electron chi connectivity index (χ0n) is 16.1. The van der Waals surface area contributed by atoms with Crippen LogP contribution in [0.4, 0.5) is 0 Å². The molecule has 3 heteroatoms. The van der Waals surface area contributed by atoms with E-state index < -0.39 is 0 Å². The summed E-state index contributed by atoms with van der Waals surface area (Å²) in [6.07, 6.45) is 5.21. The Labute approximate surface area is 154 Å². The Hall–Kier alpha value is -0.510. The van der Waals surface area contributed by atoms with Crippen molar-refractivity contribution in [3.63, 3.8) is 0 Å². The molecule has 136 valence electrons. The summed E-state index contributed by atoms with van der Waals surface area (Å²) in [4.78, 5) is 4.02. The van der Waals surface area contributed by atoms with E-state index in [0.717, 1.165) is 18.4 Å². The summed E-state index contributed by atoms with van der Waals surface area (Å²) in [5, 5.41) is 0. The lowest BCUT2D eigenvalue weighted by Gasteiger charge is -2.34. The summed E-state index contributed by atoms with van der Waals surface area (Å²) >= 11 is 1.92. The largest absolute Gasteiger partial charge is 0.299 e. The smallest absolute Gasteiger partial charge is 0.0233 e. The first kappa shape index (κ1) is 19.8. The van der Waals surface area contributed by atoms with Gasteiger partial charge >= 0.3 is 0 Å². The molecule has 1 unspecified atom stereocenters. The summed E-state index contributed by atoms with van der Waals surface area (Å²) < 4.78 is 2.49. The van der Waals surface area contributed by atoms with E-state index in [2.05, 4.69) is 61.2 Å². The number of hydrogen-bond acceptors (Lipinski definition) is 3.